The predicted molar refractivity (Wildman–Crippen MR) is 263 cm³/mol. The number of benzene rings is 6. The summed E-state index contributed by atoms with van der Waals surface area (Å²) in [7, 11) is -8.29. The fourth-order valence-electron chi connectivity index (χ4n) is 6.05. The highest BCUT2D eigenvalue weighted by molar-refractivity contribution is 8.18. The van der Waals surface area contributed by atoms with Crippen molar-refractivity contribution in [2.24, 2.45) is 10.3 Å². The quantitative estimate of drug-likeness (QED) is 0.0580. The average Bonchev–Trinajstić information content (AvgIpc) is 3.82. The van der Waals surface area contributed by atoms with Crippen molar-refractivity contribution in [3.63, 3.8) is 0 Å². The molecule has 332 valence electrons. The van der Waals surface area contributed by atoms with Crippen LogP contribution in [0, 0.1) is 36.5 Å². The van der Waals surface area contributed by atoms with Gasteiger partial charge in [-0.05, 0) is 109 Å². The lowest BCUT2D eigenvalue weighted by Crippen LogP contribution is -2.04. The van der Waals surface area contributed by atoms with E-state index in [1.54, 1.807) is 134 Å². The SMILES string of the molecule is Cc1ccc(C(C#N)=C2C=CC(=NOP(=O)(Oc3ccccc3)Oc3ccccc3)C=C2)cc1.Cc1ccccc1C(C#N)=C1C=CC(=NOP(=O)(Oc2ccccc2)Oc2ccccc2)S1. The third-order valence-electron chi connectivity index (χ3n) is 9.29. The second-order valence-corrected chi connectivity index (χ2v) is 18.1. The van der Waals surface area contributed by atoms with Gasteiger partial charge in [0.05, 0.1) is 11.1 Å². The second-order valence-electron chi connectivity index (χ2n) is 14.2. The van der Waals surface area contributed by atoms with Crippen molar-refractivity contribution in [1.29, 1.82) is 10.5 Å². The molecule has 0 atom stereocenters. The van der Waals surface area contributed by atoms with Crippen LogP contribution in [0.3, 0.4) is 0 Å². The van der Waals surface area contributed by atoms with Crippen LogP contribution in [0.25, 0.3) is 11.1 Å². The van der Waals surface area contributed by atoms with Crippen molar-refractivity contribution in [3.8, 4) is 35.1 Å². The van der Waals surface area contributed by atoms with Gasteiger partial charge in [0.1, 0.15) is 45.9 Å². The van der Waals surface area contributed by atoms with Crippen molar-refractivity contribution in [2.75, 3.05) is 0 Å². The third-order valence-corrected chi connectivity index (χ3v) is 12.6. The first kappa shape index (κ1) is 46.9. The zero-order valence-corrected chi connectivity index (χ0v) is 38.6. The Hall–Kier alpha value is -8.05. The van der Waals surface area contributed by atoms with Gasteiger partial charge in [0.2, 0.25) is 0 Å². The molecule has 1 heterocycles. The van der Waals surface area contributed by atoms with E-state index in [2.05, 4.69) is 22.4 Å². The van der Waals surface area contributed by atoms with Gasteiger partial charge in [0, 0.05) is 4.91 Å². The molecule has 0 radical (unpaired) electrons. The van der Waals surface area contributed by atoms with E-state index >= 15 is 0 Å². The number of rotatable bonds is 14. The molecule has 0 saturated heterocycles. The van der Waals surface area contributed by atoms with Gasteiger partial charge in [-0.25, -0.2) is 0 Å². The molecular weight excluding hydrogens is 903 g/mol. The molecule has 0 saturated carbocycles. The summed E-state index contributed by atoms with van der Waals surface area (Å²) in [6, 6.07) is 54.3. The maximum atomic E-state index is 13.4. The Morgan fingerprint density at radius 2 is 0.925 bits per heavy atom. The Kier molecular flexibility index (Phi) is 15.9. The molecule has 0 aromatic heterocycles. The van der Waals surface area contributed by atoms with Crippen LogP contribution in [0.1, 0.15) is 22.3 Å². The summed E-state index contributed by atoms with van der Waals surface area (Å²) in [5, 5.41) is 27.8. The lowest BCUT2D eigenvalue weighted by molar-refractivity contribution is 0.217. The van der Waals surface area contributed by atoms with Gasteiger partial charge in [0.25, 0.3) is 0 Å². The molecule has 0 amide bonds. The van der Waals surface area contributed by atoms with E-state index in [9.17, 15) is 19.7 Å². The third kappa shape index (κ3) is 13.5. The van der Waals surface area contributed by atoms with Gasteiger partial charge in [0.15, 0.2) is 0 Å². The molecular formula is C52H40N4O8P2S. The first-order valence-corrected chi connectivity index (χ1v) is 24.2. The van der Waals surface area contributed by atoms with E-state index < -0.39 is 15.6 Å². The number of hydrogen-bond donors (Lipinski definition) is 0. The van der Waals surface area contributed by atoms with Crippen molar-refractivity contribution in [3.05, 3.63) is 239 Å². The van der Waals surface area contributed by atoms with E-state index in [1.165, 1.54) is 11.8 Å². The average molecular weight is 943 g/mol. The Morgan fingerprint density at radius 3 is 1.37 bits per heavy atom. The number of para-hydroxylation sites is 4. The van der Waals surface area contributed by atoms with Crippen LogP contribution in [-0.4, -0.2) is 10.8 Å². The Labute approximate surface area is 392 Å². The molecule has 15 heteroatoms. The molecule has 0 fully saturated rings. The summed E-state index contributed by atoms with van der Waals surface area (Å²) in [5.74, 6) is 1.27. The smallest absolute Gasteiger partial charge is 0.385 e. The molecule has 1 aliphatic heterocycles. The summed E-state index contributed by atoms with van der Waals surface area (Å²) in [6.07, 6.45) is 10.3. The van der Waals surface area contributed by atoms with Gasteiger partial charge < -0.3 is 18.1 Å². The van der Waals surface area contributed by atoms with Crippen LogP contribution in [0.15, 0.2) is 227 Å². The highest BCUT2D eigenvalue weighted by atomic mass is 32.2. The van der Waals surface area contributed by atoms with E-state index in [4.69, 9.17) is 27.3 Å². The minimum Gasteiger partial charge on any atom is -0.385 e. The highest BCUT2D eigenvalue weighted by Crippen LogP contribution is 2.51. The van der Waals surface area contributed by atoms with E-state index in [0.717, 1.165) is 32.7 Å². The lowest BCUT2D eigenvalue weighted by Gasteiger charge is -2.16. The van der Waals surface area contributed by atoms with Crippen LogP contribution in [0.4, 0.5) is 0 Å². The number of phosphoric acid groups is 2. The largest absolute Gasteiger partial charge is 0.668 e. The summed E-state index contributed by atoms with van der Waals surface area (Å²) in [4.78, 5) is 0.719. The first-order chi connectivity index (χ1) is 32.6. The minimum absolute atomic E-state index is 0.318. The number of thioether (sulfide) groups is 1. The number of aryl methyl sites for hydroxylation is 2. The Morgan fingerprint density at radius 1 is 0.493 bits per heavy atom. The molecule has 8 rings (SSSR count). The summed E-state index contributed by atoms with van der Waals surface area (Å²) >= 11 is 1.24. The Bertz CT molecular complexity index is 2980. The van der Waals surface area contributed by atoms with Crippen LogP contribution in [-0.2, 0) is 18.4 Å². The Balaban J connectivity index is 0.000000199. The van der Waals surface area contributed by atoms with Crippen molar-refractivity contribution in [2.45, 2.75) is 13.8 Å². The number of nitrogens with zero attached hydrogens (tertiary/aromatic N) is 4. The van der Waals surface area contributed by atoms with Gasteiger partial charge in [-0.3, -0.25) is 9.25 Å². The number of nitriles is 2. The summed E-state index contributed by atoms with van der Waals surface area (Å²) < 4.78 is 59.6. The van der Waals surface area contributed by atoms with Gasteiger partial charge in [-0.15, -0.1) is 0 Å². The molecule has 6 aromatic rings. The molecule has 0 unspecified atom stereocenters. The maximum Gasteiger partial charge on any atom is 0.668 e. The topological polar surface area (TPSA) is 162 Å². The number of oxime groups is 2. The normalized spacial score (nSPS) is 14.1. The fourth-order valence-corrected chi connectivity index (χ4v) is 9.05. The van der Waals surface area contributed by atoms with Crippen LogP contribution >= 0.6 is 27.4 Å². The van der Waals surface area contributed by atoms with Crippen LogP contribution in [0.5, 0.6) is 23.0 Å². The monoisotopic (exact) mass is 942 g/mol. The molecule has 6 aromatic carbocycles. The molecule has 12 nitrogen and oxygen atoms in total. The lowest BCUT2D eigenvalue weighted by atomic mass is 9.97. The maximum absolute atomic E-state index is 13.4. The zero-order chi connectivity index (χ0) is 46.9. The van der Waals surface area contributed by atoms with Gasteiger partial charge in [-0.2, -0.15) is 19.7 Å². The molecule has 0 bridgehead atoms. The summed E-state index contributed by atoms with van der Waals surface area (Å²) in [6.45, 7) is 3.95. The van der Waals surface area contributed by atoms with Crippen molar-refractivity contribution >= 4 is 49.3 Å². The minimum atomic E-state index is -4.15. The predicted octanol–water partition coefficient (Wildman–Crippen LogP) is 14.2. The second kappa shape index (κ2) is 22.7. The van der Waals surface area contributed by atoms with Crippen LogP contribution < -0.4 is 18.1 Å². The molecule has 2 aliphatic rings. The van der Waals surface area contributed by atoms with Gasteiger partial charge in [-0.1, -0.05) is 161 Å². The van der Waals surface area contributed by atoms with E-state index in [0.29, 0.717) is 44.9 Å². The zero-order valence-electron chi connectivity index (χ0n) is 36.0. The summed E-state index contributed by atoms with van der Waals surface area (Å²) in [5.41, 5.74) is 5.97. The van der Waals surface area contributed by atoms with E-state index in [-0.39, 0.29) is 0 Å². The number of hydrogen-bond acceptors (Lipinski definition) is 13. The number of phosphoric ester groups is 2. The highest BCUT2D eigenvalue weighted by Gasteiger charge is 2.35. The molecule has 1 aliphatic carbocycles. The number of allylic oxidation sites excluding steroid dienone is 8. The standard InChI is InChI=1S/C27H21N2O4P.C25H19N2O4PS/c1-21-12-14-22(15-13-21)27(20-28)23-16-18-24(19-17-23)29-33-34(30,31-25-8-4-2-5-9-25)32-26-10-6-3-7-11-26;1-19-10-8-9-15-22(19)23(18-26)24-16-17-25(33-24)27-31-32(28,29-20-11-4-2-5-12-20)30-21-13-6-3-7-14-21/h2-19H,1H3;2-17H,1H3. The molecule has 67 heavy (non-hydrogen) atoms. The first-order valence-electron chi connectivity index (χ1n) is 20.5. The van der Waals surface area contributed by atoms with E-state index in [1.807, 2.05) is 86.6 Å². The molecule has 0 N–H and O–H groups in total. The van der Waals surface area contributed by atoms with Gasteiger partial charge >= 0.3 is 15.6 Å². The van der Waals surface area contributed by atoms with Crippen LogP contribution in [0.2, 0.25) is 0 Å². The fraction of sp³-hybridized carbons (Fsp3) is 0.0385. The van der Waals surface area contributed by atoms with Crippen molar-refractivity contribution < 1.29 is 36.5 Å². The van der Waals surface area contributed by atoms with Crippen molar-refractivity contribution in [1.82, 2.24) is 0 Å². The molecule has 0 spiro atoms.